The molecule has 1 fully saturated rings. The highest BCUT2D eigenvalue weighted by Gasteiger charge is 2.33. The number of hydrogen-bond acceptors (Lipinski definition) is 3. The van der Waals surface area contributed by atoms with E-state index in [1.165, 1.54) is 22.6 Å². The average Bonchev–Trinajstić information content (AvgIpc) is 3.15. The number of hydrogen-bond donors (Lipinski definition) is 0. The molecule has 0 spiro atoms. The molecule has 2 aliphatic heterocycles. The zero-order valence-electron chi connectivity index (χ0n) is 14.8. The summed E-state index contributed by atoms with van der Waals surface area (Å²) < 4.78 is 38.6. The molecule has 0 N–H and O–H groups in total. The second kappa shape index (κ2) is 7.28. The predicted octanol–water partition coefficient (Wildman–Crippen LogP) is 4.43. The van der Waals surface area contributed by atoms with E-state index >= 15 is 0 Å². The van der Waals surface area contributed by atoms with Gasteiger partial charge in [0.15, 0.2) is 0 Å². The summed E-state index contributed by atoms with van der Waals surface area (Å²) in [7, 11) is 0. The molecule has 1 aromatic heterocycles. The van der Waals surface area contributed by atoms with Crippen molar-refractivity contribution in [1.29, 1.82) is 0 Å². The van der Waals surface area contributed by atoms with E-state index in [0.717, 1.165) is 44.5 Å². The van der Waals surface area contributed by atoms with E-state index in [4.69, 9.17) is 0 Å². The summed E-state index contributed by atoms with van der Waals surface area (Å²) in [4.78, 5) is 18.3. The lowest BCUT2D eigenvalue weighted by Gasteiger charge is -2.40. The SMILES string of the molecule is O=C(c1cccc(C(F)(F)F)c1)N1CCC(N2CCc3sccc3C2)CC1. The summed E-state index contributed by atoms with van der Waals surface area (Å²) >= 11 is 1.82. The molecule has 1 saturated heterocycles. The van der Waals surface area contributed by atoms with Crippen molar-refractivity contribution in [2.24, 2.45) is 0 Å². The van der Waals surface area contributed by atoms with Gasteiger partial charge in [0.25, 0.3) is 5.91 Å². The van der Waals surface area contributed by atoms with E-state index in [-0.39, 0.29) is 11.5 Å². The van der Waals surface area contributed by atoms with E-state index in [2.05, 4.69) is 16.3 Å². The fourth-order valence-corrected chi connectivity index (χ4v) is 4.92. The van der Waals surface area contributed by atoms with Gasteiger partial charge in [-0.2, -0.15) is 13.2 Å². The third-order valence-corrected chi connectivity index (χ3v) is 6.57. The first-order chi connectivity index (χ1) is 12.9. The number of thiophene rings is 1. The number of piperidine rings is 1. The molecule has 2 aromatic rings. The van der Waals surface area contributed by atoms with Crippen molar-refractivity contribution in [2.75, 3.05) is 19.6 Å². The van der Waals surface area contributed by atoms with Gasteiger partial charge in [-0.1, -0.05) is 6.07 Å². The topological polar surface area (TPSA) is 23.6 Å². The Morgan fingerprint density at radius 1 is 1.11 bits per heavy atom. The molecule has 0 unspecified atom stereocenters. The van der Waals surface area contributed by atoms with Gasteiger partial charge in [0, 0.05) is 42.7 Å². The van der Waals surface area contributed by atoms with Crippen LogP contribution in [-0.4, -0.2) is 41.4 Å². The third kappa shape index (κ3) is 3.89. The van der Waals surface area contributed by atoms with Crippen molar-refractivity contribution in [3.05, 3.63) is 57.3 Å². The fraction of sp³-hybridized carbons (Fsp3) is 0.450. The molecular formula is C20H21F3N2OS. The summed E-state index contributed by atoms with van der Waals surface area (Å²) in [5.74, 6) is -0.307. The van der Waals surface area contributed by atoms with Crippen LogP contribution in [0.25, 0.3) is 0 Å². The molecule has 0 bridgehead atoms. The largest absolute Gasteiger partial charge is 0.416 e. The maximum atomic E-state index is 12.9. The van der Waals surface area contributed by atoms with Crippen molar-refractivity contribution in [2.45, 2.75) is 38.0 Å². The van der Waals surface area contributed by atoms with Gasteiger partial charge in [0.2, 0.25) is 0 Å². The molecule has 7 heteroatoms. The molecule has 0 atom stereocenters. The molecule has 1 amide bonds. The van der Waals surface area contributed by atoms with Gasteiger partial charge in [-0.05, 0) is 54.5 Å². The third-order valence-electron chi connectivity index (χ3n) is 5.54. The number of carbonyl (C=O) groups is 1. The number of rotatable bonds is 2. The highest BCUT2D eigenvalue weighted by molar-refractivity contribution is 7.10. The summed E-state index contributed by atoms with van der Waals surface area (Å²) in [5, 5.41) is 2.14. The molecule has 0 radical (unpaired) electrons. The predicted molar refractivity (Wildman–Crippen MR) is 98.8 cm³/mol. The first kappa shape index (κ1) is 18.5. The Labute approximate surface area is 160 Å². The van der Waals surface area contributed by atoms with Crippen molar-refractivity contribution in [3.63, 3.8) is 0 Å². The number of benzene rings is 1. The molecule has 3 heterocycles. The highest BCUT2D eigenvalue weighted by atomic mass is 32.1. The Bertz CT molecular complexity index is 825. The second-order valence-corrected chi connectivity index (χ2v) is 8.19. The number of amides is 1. The summed E-state index contributed by atoms with van der Waals surface area (Å²) in [6.45, 7) is 3.18. The Morgan fingerprint density at radius 2 is 1.89 bits per heavy atom. The van der Waals surface area contributed by atoms with Crippen molar-refractivity contribution < 1.29 is 18.0 Å². The number of nitrogens with zero attached hydrogens (tertiary/aromatic N) is 2. The number of fused-ring (bicyclic) bond motifs is 1. The van der Waals surface area contributed by atoms with Crippen LogP contribution in [0.5, 0.6) is 0 Å². The van der Waals surface area contributed by atoms with Gasteiger partial charge in [-0.3, -0.25) is 9.69 Å². The normalized spacial score (nSPS) is 19.1. The minimum Gasteiger partial charge on any atom is -0.339 e. The van der Waals surface area contributed by atoms with Gasteiger partial charge < -0.3 is 4.90 Å². The molecule has 1 aromatic carbocycles. The first-order valence-corrected chi connectivity index (χ1v) is 10.1. The zero-order valence-corrected chi connectivity index (χ0v) is 15.7. The van der Waals surface area contributed by atoms with E-state index in [1.54, 1.807) is 4.90 Å². The monoisotopic (exact) mass is 394 g/mol. The van der Waals surface area contributed by atoms with Crippen molar-refractivity contribution in [3.8, 4) is 0 Å². The highest BCUT2D eigenvalue weighted by Crippen LogP contribution is 2.31. The van der Waals surface area contributed by atoms with Crippen LogP contribution in [0.2, 0.25) is 0 Å². The molecule has 0 saturated carbocycles. The second-order valence-electron chi connectivity index (χ2n) is 7.19. The van der Waals surface area contributed by atoms with Crippen LogP contribution in [0.1, 0.15) is 39.2 Å². The minimum atomic E-state index is -4.43. The van der Waals surface area contributed by atoms with E-state index in [0.29, 0.717) is 19.1 Å². The minimum absolute atomic E-state index is 0.115. The molecule has 27 heavy (non-hydrogen) atoms. The Hall–Kier alpha value is -1.86. The Kier molecular flexibility index (Phi) is 4.99. The summed E-state index contributed by atoms with van der Waals surface area (Å²) in [6, 6.07) is 7.35. The molecule has 144 valence electrons. The van der Waals surface area contributed by atoms with Crippen LogP contribution in [-0.2, 0) is 19.1 Å². The van der Waals surface area contributed by atoms with Gasteiger partial charge in [-0.25, -0.2) is 0 Å². The number of alkyl halides is 3. The maximum Gasteiger partial charge on any atom is 0.416 e. The molecular weight excluding hydrogens is 373 g/mol. The lowest BCUT2D eigenvalue weighted by atomic mass is 9.99. The fourth-order valence-electron chi connectivity index (χ4n) is 4.03. The molecule has 4 rings (SSSR count). The van der Waals surface area contributed by atoms with Gasteiger partial charge in [0.1, 0.15) is 0 Å². The standard InChI is InChI=1S/C20H21F3N2OS/c21-20(22,23)16-3-1-2-14(12-16)19(26)24-8-4-17(5-9-24)25-10-6-18-15(13-25)7-11-27-18/h1-3,7,11-12,17H,4-6,8-10,13H2. The van der Waals surface area contributed by atoms with Gasteiger partial charge >= 0.3 is 6.18 Å². The van der Waals surface area contributed by atoms with Crippen LogP contribution >= 0.6 is 11.3 Å². The average molecular weight is 394 g/mol. The lowest BCUT2D eigenvalue weighted by Crippen LogP contribution is -2.47. The van der Waals surface area contributed by atoms with E-state index in [1.807, 2.05) is 11.3 Å². The number of carbonyl (C=O) groups excluding carboxylic acids is 1. The van der Waals surface area contributed by atoms with E-state index in [9.17, 15) is 18.0 Å². The van der Waals surface area contributed by atoms with E-state index < -0.39 is 11.7 Å². The van der Waals surface area contributed by atoms with Crippen LogP contribution in [0, 0.1) is 0 Å². The molecule has 2 aliphatic rings. The smallest absolute Gasteiger partial charge is 0.339 e. The molecule has 0 aliphatic carbocycles. The van der Waals surface area contributed by atoms with Crippen LogP contribution in [0.4, 0.5) is 13.2 Å². The summed E-state index contributed by atoms with van der Waals surface area (Å²) in [6.07, 6.45) is -1.62. The zero-order chi connectivity index (χ0) is 19.0. The Balaban J connectivity index is 1.37. The number of halogens is 3. The van der Waals surface area contributed by atoms with Gasteiger partial charge in [-0.15, -0.1) is 11.3 Å². The summed E-state index contributed by atoms with van der Waals surface area (Å²) in [5.41, 5.74) is 0.751. The van der Waals surface area contributed by atoms with Crippen LogP contribution in [0.3, 0.4) is 0 Å². The number of likely N-dealkylation sites (tertiary alicyclic amines) is 1. The van der Waals surface area contributed by atoms with Crippen LogP contribution < -0.4 is 0 Å². The quantitative estimate of drug-likeness (QED) is 0.752. The van der Waals surface area contributed by atoms with Crippen LogP contribution in [0.15, 0.2) is 35.7 Å². The Morgan fingerprint density at radius 3 is 2.63 bits per heavy atom. The lowest BCUT2D eigenvalue weighted by molar-refractivity contribution is -0.137. The maximum absolute atomic E-state index is 12.9. The van der Waals surface area contributed by atoms with Crippen molar-refractivity contribution in [1.82, 2.24) is 9.80 Å². The molecule has 3 nitrogen and oxygen atoms in total. The first-order valence-electron chi connectivity index (χ1n) is 9.17. The van der Waals surface area contributed by atoms with Gasteiger partial charge in [0.05, 0.1) is 5.56 Å². The van der Waals surface area contributed by atoms with Crippen molar-refractivity contribution >= 4 is 17.2 Å².